The smallest absolute Gasteiger partial charge is 0.243 e. The summed E-state index contributed by atoms with van der Waals surface area (Å²) in [5.41, 5.74) is 3.59. The number of aromatic nitrogens is 4. The van der Waals surface area contributed by atoms with Gasteiger partial charge in [0.25, 0.3) is 0 Å². The van der Waals surface area contributed by atoms with Crippen molar-refractivity contribution in [3.8, 4) is 0 Å². The summed E-state index contributed by atoms with van der Waals surface area (Å²) in [6.07, 6.45) is 8.12. The van der Waals surface area contributed by atoms with Gasteiger partial charge in [-0.3, -0.25) is 14.4 Å². The van der Waals surface area contributed by atoms with Gasteiger partial charge in [0.15, 0.2) is 5.78 Å². The lowest BCUT2D eigenvalue weighted by Crippen LogP contribution is -2.45. The van der Waals surface area contributed by atoms with Crippen molar-refractivity contribution in [2.24, 2.45) is 0 Å². The minimum absolute atomic E-state index is 0.00876. The zero-order valence-electron chi connectivity index (χ0n) is 21.3. The van der Waals surface area contributed by atoms with Crippen molar-refractivity contribution < 1.29 is 14.4 Å². The number of rotatable bonds is 10. The molecule has 0 aliphatic rings. The van der Waals surface area contributed by atoms with Gasteiger partial charge in [0.05, 0.1) is 24.6 Å². The Balaban J connectivity index is 1.49. The third-order valence-electron chi connectivity index (χ3n) is 5.95. The van der Waals surface area contributed by atoms with Crippen LogP contribution in [0.3, 0.4) is 0 Å². The lowest BCUT2D eigenvalue weighted by atomic mass is 10.1. The quantitative estimate of drug-likeness (QED) is 0.215. The lowest BCUT2D eigenvalue weighted by molar-refractivity contribution is -0.138. The summed E-state index contributed by atoms with van der Waals surface area (Å²) in [6, 6.07) is 9.06. The highest BCUT2D eigenvalue weighted by Gasteiger charge is 2.22. The van der Waals surface area contributed by atoms with Crippen LogP contribution in [0.4, 0.5) is 11.4 Å². The molecule has 0 aliphatic carbocycles. The monoisotopic (exact) mass is 577 g/mol. The summed E-state index contributed by atoms with van der Waals surface area (Å²) in [5.74, 6) is -0.600. The van der Waals surface area contributed by atoms with E-state index >= 15 is 0 Å². The first-order valence-corrected chi connectivity index (χ1v) is 12.8. The van der Waals surface area contributed by atoms with Gasteiger partial charge in [-0.2, -0.15) is 0 Å². The zero-order valence-corrected chi connectivity index (χ0v) is 22.9. The maximum absolute atomic E-state index is 13.3. The second-order valence-electron chi connectivity index (χ2n) is 9.09. The third kappa shape index (κ3) is 6.60. The minimum Gasteiger partial charge on any atom is -0.353 e. The Morgan fingerprint density at radius 1 is 1.05 bits per heavy atom. The second-order valence-corrected chi connectivity index (χ2v) is 9.90. The number of fused-ring (bicyclic) bond motifs is 1. The fourth-order valence-electron chi connectivity index (χ4n) is 4.03. The van der Waals surface area contributed by atoms with Gasteiger partial charge in [-0.1, -0.05) is 6.07 Å². The Hall–Kier alpha value is -4.12. The van der Waals surface area contributed by atoms with Gasteiger partial charge in [0, 0.05) is 47.1 Å². The van der Waals surface area contributed by atoms with Crippen LogP contribution in [-0.2, 0) is 22.7 Å². The third-order valence-corrected chi connectivity index (χ3v) is 6.42. The van der Waals surface area contributed by atoms with Gasteiger partial charge < -0.3 is 20.1 Å². The van der Waals surface area contributed by atoms with Crippen LogP contribution < -0.4 is 10.6 Å². The van der Waals surface area contributed by atoms with Crippen LogP contribution >= 0.6 is 15.9 Å². The largest absolute Gasteiger partial charge is 0.353 e. The minimum atomic E-state index is -0.266. The number of hydrogen-bond donors (Lipinski definition) is 2. The molecule has 11 heteroatoms. The van der Waals surface area contributed by atoms with Crippen LogP contribution in [0.15, 0.2) is 66.0 Å². The number of hydrogen-bond acceptors (Lipinski definition) is 7. The average molecular weight is 578 g/mol. The molecule has 10 nitrogen and oxygen atoms in total. The molecule has 2 N–H and O–H groups in total. The van der Waals surface area contributed by atoms with Crippen LogP contribution in [0.2, 0.25) is 0 Å². The number of halogens is 1. The summed E-state index contributed by atoms with van der Waals surface area (Å²) < 4.78 is 2.47. The predicted octanol–water partition coefficient (Wildman–Crippen LogP) is 4.09. The van der Waals surface area contributed by atoms with Crippen LogP contribution in [-0.4, -0.2) is 54.6 Å². The van der Waals surface area contributed by atoms with Crippen LogP contribution in [0, 0.1) is 0 Å². The molecule has 0 saturated heterocycles. The molecule has 0 saturated carbocycles. The topological polar surface area (TPSA) is 122 Å². The van der Waals surface area contributed by atoms with Crippen LogP contribution in [0.1, 0.15) is 36.7 Å². The Morgan fingerprint density at radius 2 is 1.82 bits per heavy atom. The molecule has 2 amide bonds. The summed E-state index contributed by atoms with van der Waals surface area (Å²) in [4.78, 5) is 52.1. The van der Waals surface area contributed by atoms with E-state index in [4.69, 9.17) is 0 Å². The Labute approximate surface area is 228 Å². The van der Waals surface area contributed by atoms with Gasteiger partial charge in [0.1, 0.15) is 17.5 Å². The molecule has 3 aromatic heterocycles. The first-order chi connectivity index (χ1) is 18.2. The number of ketones is 1. The molecule has 3 heterocycles. The van der Waals surface area contributed by atoms with E-state index in [0.29, 0.717) is 22.4 Å². The van der Waals surface area contributed by atoms with E-state index in [0.717, 1.165) is 22.2 Å². The first kappa shape index (κ1) is 26.9. The molecule has 0 bridgehead atoms. The molecule has 38 heavy (non-hydrogen) atoms. The highest BCUT2D eigenvalue weighted by Crippen LogP contribution is 2.27. The highest BCUT2D eigenvalue weighted by molar-refractivity contribution is 9.10. The highest BCUT2D eigenvalue weighted by atomic mass is 79.9. The van der Waals surface area contributed by atoms with E-state index in [1.54, 1.807) is 35.4 Å². The summed E-state index contributed by atoms with van der Waals surface area (Å²) in [6.45, 7) is 5.46. The molecule has 0 fully saturated rings. The van der Waals surface area contributed by atoms with E-state index in [-0.39, 0.29) is 36.7 Å². The van der Waals surface area contributed by atoms with Crippen molar-refractivity contribution in [2.45, 2.75) is 39.9 Å². The Kier molecular flexibility index (Phi) is 8.47. The number of benzene rings is 1. The van der Waals surface area contributed by atoms with E-state index < -0.39 is 0 Å². The van der Waals surface area contributed by atoms with Crippen molar-refractivity contribution in [3.63, 3.8) is 0 Å². The zero-order chi connectivity index (χ0) is 27.2. The lowest BCUT2D eigenvalue weighted by Gasteiger charge is -2.26. The summed E-state index contributed by atoms with van der Waals surface area (Å²) in [5, 5.41) is 6.79. The summed E-state index contributed by atoms with van der Waals surface area (Å²) >= 11 is 3.29. The van der Waals surface area contributed by atoms with Crippen molar-refractivity contribution in [3.05, 3.63) is 77.2 Å². The molecule has 0 unspecified atom stereocenters. The fraction of sp³-hybridized carbons (Fsp3) is 0.259. The number of anilines is 2. The average Bonchev–Trinajstić information content (AvgIpc) is 3.25. The number of pyridine rings is 1. The van der Waals surface area contributed by atoms with E-state index in [1.165, 1.54) is 18.2 Å². The molecule has 196 valence electrons. The van der Waals surface area contributed by atoms with Crippen LogP contribution in [0.25, 0.3) is 10.9 Å². The molecule has 4 rings (SSSR count). The molecule has 1 aromatic carbocycles. The number of amides is 2. The number of Topliss-reactive ketones (excluding diaryl/α,β-unsaturated/α-hetero) is 1. The Morgan fingerprint density at radius 3 is 2.47 bits per heavy atom. The maximum Gasteiger partial charge on any atom is 0.243 e. The fourth-order valence-corrected chi connectivity index (χ4v) is 4.27. The first-order valence-electron chi connectivity index (χ1n) is 12.0. The van der Waals surface area contributed by atoms with E-state index in [1.807, 2.05) is 38.1 Å². The van der Waals surface area contributed by atoms with Gasteiger partial charge in [-0.25, -0.2) is 15.0 Å². The van der Waals surface area contributed by atoms with Gasteiger partial charge >= 0.3 is 0 Å². The molecular formula is C27H28BrN7O3. The number of nitrogens with one attached hydrogen (secondary N) is 2. The molecular weight excluding hydrogens is 550 g/mol. The Bertz CT molecular complexity index is 1450. The maximum atomic E-state index is 13.3. The number of carbonyl (C=O) groups is 3. The number of carbonyl (C=O) groups excluding carboxylic acids is 3. The molecule has 0 radical (unpaired) electrons. The van der Waals surface area contributed by atoms with Gasteiger partial charge in [-0.05, 0) is 66.5 Å². The van der Waals surface area contributed by atoms with E-state index in [9.17, 15) is 14.4 Å². The van der Waals surface area contributed by atoms with Crippen LogP contribution in [0.5, 0.6) is 0 Å². The molecule has 0 atom stereocenters. The second kappa shape index (κ2) is 12.0. The standard InChI is InChI=1S/C27H28BrN7O3/c1-17(2)35(14-26(37)32-10-19-4-7-25(28)31-9-19)27(38)15-34-13-23(18(3)36)22-8-20(5-6-24(22)34)33-21-11-29-16-30-12-21/h4-9,11-13,16-17,33H,10,14-15H2,1-3H3,(H,32,37). The van der Waals surface area contributed by atoms with Crippen molar-refractivity contribution in [1.82, 2.24) is 29.7 Å². The predicted molar refractivity (Wildman–Crippen MR) is 148 cm³/mol. The molecule has 0 aliphatic heterocycles. The SMILES string of the molecule is CC(=O)c1cn(CC(=O)N(CC(=O)NCc2ccc(Br)nc2)C(C)C)c2ccc(Nc3cncnc3)cc12. The van der Waals surface area contributed by atoms with Crippen molar-refractivity contribution in [2.75, 3.05) is 11.9 Å². The molecule has 4 aromatic rings. The summed E-state index contributed by atoms with van der Waals surface area (Å²) in [7, 11) is 0. The number of nitrogens with zero attached hydrogens (tertiary/aromatic N) is 5. The molecule has 0 spiro atoms. The van der Waals surface area contributed by atoms with Crippen molar-refractivity contribution in [1.29, 1.82) is 0 Å². The van der Waals surface area contributed by atoms with Gasteiger partial charge in [0.2, 0.25) is 11.8 Å². The normalized spacial score (nSPS) is 11.0. The van der Waals surface area contributed by atoms with E-state index in [2.05, 4.69) is 41.5 Å². The van der Waals surface area contributed by atoms with Gasteiger partial charge in [-0.15, -0.1) is 0 Å². The van der Waals surface area contributed by atoms with Crippen molar-refractivity contribution >= 4 is 55.8 Å².